The van der Waals surface area contributed by atoms with Gasteiger partial charge in [-0.2, -0.15) is 0 Å². The molecule has 1 aromatic carbocycles. The second-order valence-electron chi connectivity index (χ2n) is 3.27. The van der Waals surface area contributed by atoms with Crippen molar-refractivity contribution in [2.24, 2.45) is 0 Å². The molecular formula is C10H8ClN3O2. The number of aromatic nitrogens is 2. The van der Waals surface area contributed by atoms with Crippen molar-refractivity contribution in [1.29, 1.82) is 0 Å². The summed E-state index contributed by atoms with van der Waals surface area (Å²) >= 11 is 5.72. The van der Waals surface area contributed by atoms with Crippen molar-refractivity contribution in [2.75, 3.05) is 0 Å². The maximum Gasteiger partial charge on any atom is 0.275 e. The highest BCUT2D eigenvalue weighted by Gasteiger charge is 2.14. The topological polar surface area (TPSA) is 61.0 Å². The quantitative estimate of drug-likeness (QED) is 0.609. The van der Waals surface area contributed by atoms with Gasteiger partial charge < -0.3 is 4.57 Å². The molecule has 0 atom stereocenters. The van der Waals surface area contributed by atoms with E-state index in [1.165, 1.54) is 6.07 Å². The Labute approximate surface area is 96.4 Å². The summed E-state index contributed by atoms with van der Waals surface area (Å²) in [6.07, 6.45) is 4.98. The predicted molar refractivity (Wildman–Crippen MR) is 59.4 cm³/mol. The number of hydrogen-bond donors (Lipinski definition) is 0. The third kappa shape index (κ3) is 2.20. The summed E-state index contributed by atoms with van der Waals surface area (Å²) in [6.45, 7) is 0.410. The van der Waals surface area contributed by atoms with Crippen LogP contribution in [0.25, 0.3) is 0 Å². The molecule has 2 aromatic rings. The first-order valence-corrected chi connectivity index (χ1v) is 4.93. The molecule has 0 aliphatic heterocycles. The number of benzene rings is 1. The molecule has 5 nitrogen and oxygen atoms in total. The van der Waals surface area contributed by atoms with Gasteiger partial charge in [-0.05, 0) is 12.1 Å². The number of halogens is 1. The lowest BCUT2D eigenvalue weighted by Gasteiger charge is -2.04. The monoisotopic (exact) mass is 237 g/mol. The summed E-state index contributed by atoms with van der Waals surface area (Å²) in [5.41, 5.74) is 0.633. The van der Waals surface area contributed by atoms with Gasteiger partial charge in [-0.3, -0.25) is 10.1 Å². The van der Waals surface area contributed by atoms with Crippen LogP contribution in [0.2, 0.25) is 5.02 Å². The fraction of sp³-hybridized carbons (Fsp3) is 0.100. The standard InChI is InChI=1S/C10H8ClN3O2/c11-9-2-1-8(10(5-9)14(15)16)6-13-4-3-12-7-13/h1-5,7H,6H2. The van der Waals surface area contributed by atoms with E-state index in [0.717, 1.165) is 0 Å². The third-order valence-corrected chi connectivity index (χ3v) is 2.39. The summed E-state index contributed by atoms with van der Waals surface area (Å²) in [5.74, 6) is 0. The summed E-state index contributed by atoms with van der Waals surface area (Å²) in [7, 11) is 0. The van der Waals surface area contributed by atoms with E-state index in [1.54, 1.807) is 35.4 Å². The summed E-state index contributed by atoms with van der Waals surface area (Å²) in [5, 5.41) is 11.2. The van der Waals surface area contributed by atoms with Gasteiger partial charge in [0.05, 0.1) is 17.8 Å². The van der Waals surface area contributed by atoms with Crippen molar-refractivity contribution < 1.29 is 4.92 Å². The van der Waals surface area contributed by atoms with E-state index >= 15 is 0 Å². The molecule has 1 heterocycles. The van der Waals surface area contributed by atoms with Gasteiger partial charge in [0.25, 0.3) is 5.69 Å². The van der Waals surface area contributed by atoms with Crippen LogP contribution in [0.3, 0.4) is 0 Å². The number of rotatable bonds is 3. The van der Waals surface area contributed by atoms with Gasteiger partial charge in [-0.1, -0.05) is 11.6 Å². The molecule has 2 rings (SSSR count). The normalized spacial score (nSPS) is 10.3. The van der Waals surface area contributed by atoms with Crippen LogP contribution in [0, 0.1) is 10.1 Å². The van der Waals surface area contributed by atoms with Crippen LogP contribution < -0.4 is 0 Å². The lowest BCUT2D eigenvalue weighted by molar-refractivity contribution is -0.385. The summed E-state index contributed by atoms with van der Waals surface area (Å²) in [6, 6.07) is 4.65. The lowest BCUT2D eigenvalue weighted by Crippen LogP contribution is -2.01. The van der Waals surface area contributed by atoms with E-state index in [9.17, 15) is 10.1 Å². The van der Waals surface area contributed by atoms with Crippen molar-refractivity contribution >= 4 is 17.3 Å². The van der Waals surface area contributed by atoms with Crippen LogP contribution >= 0.6 is 11.6 Å². The van der Waals surface area contributed by atoms with Crippen molar-refractivity contribution in [3.8, 4) is 0 Å². The molecule has 82 valence electrons. The Balaban J connectivity index is 2.36. The van der Waals surface area contributed by atoms with Crippen LogP contribution in [0.4, 0.5) is 5.69 Å². The van der Waals surface area contributed by atoms with Crippen molar-refractivity contribution in [3.05, 3.63) is 57.6 Å². The minimum Gasteiger partial charge on any atom is -0.333 e. The minimum atomic E-state index is -0.432. The van der Waals surface area contributed by atoms with E-state index in [1.807, 2.05) is 0 Å². The fourth-order valence-corrected chi connectivity index (χ4v) is 1.58. The fourth-order valence-electron chi connectivity index (χ4n) is 1.42. The SMILES string of the molecule is O=[N+]([O-])c1cc(Cl)ccc1Cn1ccnc1. The van der Waals surface area contributed by atoms with Crippen LogP contribution in [-0.4, -0.2) is 14.5 Å². The first-order valence-electron chi connectivity index (χ1n) is 4.55. The first-order chi connectivity index (χ1) is 7.66. The Hall–Kier alpha value is -1.88. The van der Waals surface area contributed by atoms with Crippen LogP contribution in [-0.2, 0) is 6.54 Å². The molecule has 0 unspecified atom stereocenters. The highest BCUT2D eigenvalue weighted by atomic mass is 35.5. The molecule has 0 saturated carbocycles. The average molecular weight is 238 g/mol. The highest BCUT2D eigenvalue weighted by Crippen LogP contribution is 2.23. The number of nitro groups is 1. The third-order valence-electron chi connectivity index (χ3n) is 2.16. The van der Waals surface area contributed by atoms with Crippen molar-refractivity contribution in [1.82, 2.24) is 9.55 Å². The molecule has 1 aromatic heterocycles. The lowest BCUT2D eigenvalue weighted by atomic mass is 10.2. The summed E-state index contributed by atoms with van der Waals surface area (Å²) in [4.78, 5) is 14.3. The van der Waals surface area contributed by atoms with E-state index < -0.39 is 4.92 Å². The Morgan fingerprint density at radius 1 is 1.50 bits per heavy atom. The molecule has 16 heavy (non-hydrogen) atoms. The number of nitrogens with zero attached hydrogens (tertiary/aromatic N) is 3. The molecular weight excluding hydrogens is 230 g/mol. The largest absolute Gasteiger partial charge is 0.333 e. The molecule has 0 fully saturated rings. The molecule has 6 heteroatoms. The van der Waals surface area contributed by atoms with Gasteiger partial charge in [0, 0.05) is 29.0 Å². The molecule has 0 aliphatic carbocycles. The highest BCUT2D eigenvalue weighted by molar-refractivity contribution is 6.30. The van der Waals surface area contributed by atoms with Crippen molar-refractivity contribution in [3.63, 3.8) is 0 Å². The molecule has 0 aliphatic rings. The van der Waals surface area contributed by atoms with Crippen molar-refractivity contribution in [2.45, 2.75) is 6.54 Å². The predicted octanol–water partition coefficient (Wildman–Crippen LogP) is 2.49. The van der Waals surface area contributed by atoms with Gasteiger partial charge in [-0.15, -0.1) is 0 Å². The Morgan fingerprint density at radius 2 is 2.31 bits per heavy atom. The average Bonchev–Trinajstić information content (AvgIpc) is 2.73. The van der Waals surface area contributed by atoms with Gasteiger partial charge in [-0.25, -0.2) is 4.98 Å². The Morgan fingerprint density at radius 3 is 2.94 bits per heavy atom. The van der Waals surface area contributed by atoms with E-state index in [0.29, 0.717) is 17.1 Å². The molecule has 0 spiro atoms. The van der Waals surface area contributed by atoms with Crippen LogP contribution in [0.15, 0.2) is 36.9 Å². The Bertz CT molecular complexity index is 511. The zero-order chi connectivity index (χ0) is 11.5. The Kier molecular flexibility index (Phi) is 2.87. The van der Waals surface area contributed by atoms with E-state index in [2.05, 4.69) is 4.98 Å². The van der Waals surface area contributed by atoms with Gasteiger partial charge in [0.1, 0.15) is 0 Å². The zero-order valence-electron chi connectivity index (χ0n) is 8.21. The molecule has 0 radical (unpaired) electrons. The van der Waals surface area contributed by atoms with Gasteiger partial charge in [0.15, 0.2) is 0 Å². The molecule has 0 amide bonds. The first kappa shape index (κ1) is 10.6. The zero-order valence-corrected chi connectivity index (χ0v) is 8.96. The second kappa shape index (κ2) is 4.32. The maximum atomic E-state index is 10.8. The molecule has 0 N–H and O–H groups in total. The van der Waals surface area contributed by atoms with Crippen LogP contribution in [0.5, 0.6) is 0 Å². The molecule has 0 saturated heterocycles. The number of nitro benzene ring substituents is 1. The smallest absolute Gasteiger partial charge is 0.275 e. The minimum absolute atomic E-state index is 0.0289. The van der Waals surface area contributed by atoms with Gasteiger partial charge >= 0.3 is 0 Å². The van der Waals surface area contributed by atoms with E-state index in [4.69, 9.17) is 11.6 Å². The van der Waals surface area contributed by atoms with E-state index in [-0.39, 0.29) is 5.69 Å². The number of hydrogen-bond acceptors (Lipinski definition) is 3. The number of imidazole rings is 1. The maximum absolute atomic E-state index is 10.8. The second-order valence-corrected chi connectivity index (χ2v) is 3.70. The van der Waals surface area contributed by atoms with Crippen LogP contribution in [0.1, 0.15) is 5.56 Å². The molecule has 0 bridgehead atoms. The van der Waals surface area contributed by atoms with Gasteiger partial charge in [0.2, 0.25) is 0 Å². The summed E-state index contributed by atoms with van der Waals surface area (Å²) < 4.78 is 1.76.